The monoisotopic (exact) mass is 351 g/mol. The Bertz CT molecular complexity index is 858. The second-order valence-corrected chi connectivity index (χ2v) is 4.98. The Kier molecular flexibility index (Phi) is 4.42. The molecule has 3 N–H and O–H groups in total. The van der Waals surface area contributed by atoms with Gasteiger partial charge in [-0.3, -0.25) is 15.0 Å². The Balaban J connectivity index is 1.67. The van der Waals surface area contributed by atoms with Gasteiger partial charge in [0.15, 0.2) is 0 Å². The highest BCUT2D eigenvalue weighted by molar-refractivity contribution is 5.96. The number of nitrogens with zero attached hydrogens (tertiary/aromatic N) is 2. The molecule has 25 heavy (non-hydrogen) atoms. The second kappa shape index (κ2) is 6.67. The van der Waals surface area contributed by atoms with Gasteiger partial charge in [0.1, 0.15) is 11.4 Å². The molecule has 0 aliphatic rings. The summed E-state index contributed by atoms with van der Waals surface area (Å²) in [5, 5.41) is 15.9. The van der Waals surface area contributed by atoms with E-state index in [1.54, 1.807) is 18.3 Å². The van der Waals surface area contributed by atoms with E-state index in [-0.39, 0.29) is 12.1 Å². The molecule has 0 bridgehead atoms. The van der Waals surface area contributed by atoms with Crippen LogP contribution in [0.15, 0.2) is 42.6 Å². The molecule has 3 aromatic rings. The summed E-state index contributed by atoms with van der Waals surface area (Å²) in [6.45, 7) is 0.0559. The lowest BCUT2D eigenvalue weighted by Crippen LogP contribution is -2.25. The molecule has 0 fully saturated rings. The van der Waals surface area contributed by atoms with Crippen LogP contribution < -0.4 is 10.1 Å². The van der Waals surface area contributed by atoms with Gasteiger partial charge in [-0.15, -0.1) is 13.2 Å². The average Bonchev–Trinajstić information content (AvgIpc) is 3.23. The van der Waals surface area contributed by atoms with E-state index in [0.717, 1.165) is 6.07 Å². The van der Waals surface area contributed by atoms with Crippen LogP contribution in [0, 0.1) is 0 Å². The minimum Gasteiger partial charge on any atom is -0.405 e. The first kappa shape index (κ1) is 16.6. The molecule has 2 aromatic heterocycles. The first-order chi connectivity index (χ1) is 11.9. The molecule has 2 heterocycles. The molecule has 0 atom stereocenters. The zero-order valence-electron chi connectivity index (χ0n) is 12.6. The van der Waals surface area contributed by atoms with Crippen LogP contribution in [0.3, 0.4) is 0 Å². The van der Waals surface area contributed by atoms with E-state index in [2.05, 4.69) is 30.4 Å². The van der Waals surface area contributed by atoms with Crippen LogP contribution in [-0.4, -0.2) is 32.7 Å². The summed E-state index contributed by atoms with van der Waals surface area (Å²) >= 11 is 0. The number of carbonyl (C=O) groups is 1. The number of hydrogen-bond donors (Lipinski definition) is 3. The number of para-hydroxylation sites is 1. The fraction of sp³-hybridized carbons (Fsp3) is 0.133. The van der Waals surface area contributed by atoms with Crippen molar-refractivity contribution < 1.29 is 22.7 Å². The Hall–Kier alpha value is -3.30. The van der Waals surface area contributed by atoms with Crippen LogP contribution in [0.1, 0.15) is 16.1 Å². The van der Waals surface area contributed by atoms with Gasteiger partial charge in [-0.25, -0.2) is 0 Å². The largest absolute Gasteiger partial charge is 0.573 e. The van der Waals surface area contributed by atoms with Crippen molar-refractivity contribution in [3.63, 3.8) is 0 Å². The number of benzene rings is 1. The Morgan fingerprint density at radius 2 is 2.00 bits per heavy atom. The molecule has 10 heteroatoms. The number of ether oxygens (including phenoxy) is 1. The van der Waals surface area contributed by atoms with E-state index >= 15 is 0 Å². The zero-order valence-corrected chi connectivity index (χ0v) is 12.6. The maximum atomic E-state index is 12.4. The number of aromatic amines is 2. The zero-order chi connectivity index (χ0) is 17.9. The van der Waals surface area contributed by atoms with Crippen molar-refractivity contribution in [3.8, 4) is 17.1 Å². The summed E-state index contributed by atoms with van der Waals surface area (Å²) in [4.78, 5) is 12.2. The van der Waals surface area contributed by atoms with E-state index in [1.165, 1.54) is 18.2 Å². The summed E-state index contributed by atoms with van der Waals surface area (Å²) in [6, 6.07) is 8.54. The van der Waals surface area contributed by atoms with Gasteiger partial charge in [-0.1, -0.05) is 12.1 Å². The molecule has 0 saturated heterocycles. The third-order valence-electron chi connectivity index (χ3n) is 3.20. The van der Waals surface area contributed by atoms with E-state index in [1.807, 2.05) is 0 Å². The van der Waals surface area contributed by atoms with Gasteiger partial charge in [-0.05, 0) is 24.3 Å². The van der Waals surface area contributed by atoms with Gasteiger partial charge in [0, 0.05) is 6.20 Å². The number of hydrogen-bond acceptors (Lipinski definition) is 4. The highest BCUT2D eigenvalue weighted by Gasteiger charge is 2.32. The van der Waals surface area contributed by atoms with Crippen molar-refractivity contribution in [3.05, 3.63) is 53.9 Å². The molecule has 7 nitrogen and oxygen atoms in total. The molecule has 0 saturated carbocycles. The van der Waals surface area contributed by atoms with Crippen LogP contribution >= 0.6 is 0 Å². The van der Waals surface area contributed by atoms with Crippen molar-refractivity contribution >= 4 is 5.91 Å². The lowest BCUT2D eigenvalue weighted by Gasteiger charge is -2.12. The third-order valence-corrected chi connectivity index (χ3v) is 3.20. The molecule has 0 aliphatic heterocycles. The fourth-order valence-electron chi connectivity index (χ4n) is 2.13. The second-order valence-electron chi connectivity index (χ2n) is 4.98. The van der Waals surface area contributed by atoms with Crippen LogP contribution in [0.4, 0.5) is 13.2 Å². The fourth-order valence-corrected chi connectivity index (χ4v) is 2.13. The molecule has 0 radical (unpaired) electrons. The topological polar surface area (TPSA) is 95.7 Å². The Labute approximate surface area is 139 Å². The summed E-state index contributed by atoms with van der Waals surface area (Å²) in [5.74, 6) is -1.26. The van der Waals surface area contributed by atoms with E-state index in [4.69, 9.17) is 0 Å². The lowest BCUT2D eigenvalue weighted by atomic mass is 10.2. The Morgan fingerprint density at radius 3 is 2.72 bits per heavy atom. The summed E-state index contributed by atoms with van der Waals surface area (Å²) in [6.07, 6.45) is -3.30. The highest BCUT2D eigenvalue weighted by atomic mass is 19.4. The molecule has 0 unspecified atom stereocenters. The van der Waals surface area contributed by atoms with Gasteiger partial charge in [0.25, 0.3) is 5.91 Å². The smallest absolute Gasteiger partial charge is 0.405 e. The molecular formula is C15H12F3N5O2. The predicted octanol–water partition coefficient (Wildman–Crippen LogP) is 2.63. The van der Waals surface area contributed by atoms with Crippen LogP contribution in [-0.2, 0) is 6.54 Å². The predicted molar refractivity (Wildman–Crippen MR) is 80.5 cm³/mol. The number of aromatic nitrogens is 4. The first-order valence-electron chi connectivity index (χ1n) is 7.09. The molecule has 3 rings (SSSR count). The van der Waals surface area contributed by atoms with Gasteiger partial charge >= 0.3 is 6.36 Å². The lowest BCUT2D eigenvalue weighted by molar-refractivity contribution is -0.274. The quantitative estimate of drug-likeness (QED) is 0.658. The molecular weight excluding hydrogens is 339 g/mol. The van der Waals surface area contributed by atoms with Gasteiger partial charge in [-0.2, -0.15) is 10.2 Å². The summed E-state index contributed by atoms with van der Waals surface area (Å²) in [5.41, 5.74) is 1.65. The summed E-state index contributed by atoms with van der Waals surface area (Å²) < 4.78 is 41.1. The van der Waals surface area contributed by atoms with Crippen molar-refractivity contribution in [1.29, 1.82) is 0 Å². The van der Waals surface area contributed by atoms with Crippen molar-refractivity contribution in [2.24, 2.45) is 0 Å². The number of halogens is 3. The van der Waals surface area contributed by atoms with E-state index < -0.39 is 18.0 Å². The van der Waals surface area contributed by atoms with E-state index in [0.29, 0.717) is 17.1 Å². The van der Waals surface area contributed by atoms with E-state index in [9.17, 15) is 18.0 Å². The maximum Gasteiger partial charge on any atom is 0.573 e. The minimum absolute atomic E-state index is 0.0559. The minimum atomic E-state index is -4.88. The number of rotatable bonds is 5. The van der Waals surface area contributed by atoms with Crippen molar-refractivity contribution in [1.82, 2.24) is 25.7 Å². The number of nitrogens with one attached hydrogen (secondary N) is 3. The van der Waals surface area contributed by atoms with Gasteiger partial charge < -0.3 is 10.1 Å². The molecule has 1 aromatic carbocycles. The van der Waals surface area contributed by atoms with Crippen molar-refractivity contribution in [2.75, 3.05) is 0 Å². The van der Waals surface area contributed by atoms with Gasteiger partial charge in [0.2, 0.25) is 0 Å². The standard InChI is InChI=1S/C15H12F3N5O2/c16-15(17,18)25-13-4-2-1-3-10(13)14(24)19-8-9-7-12(23-21-9)11-5-6-20-22-11/h1-7H,8H2,(H,19,24)(H,20,22)(H,21,23). The number of alkyl halides is 3. The highest BCUT2D eigenvalue weighted by Crippen LogP contribution is 2.26. The number of amides is 1. The maximum absolute atomic E-state index is 12.4. The van der Waals surface area contributed by atoms with Crippen molar-refractivity contribution in [2.45, 2.75) is 12.9 Å². The Morgan fingerprint density at radius 1 is 1.20 bits per heavy atom. The molecule has 0 spiro atoms. The molecule has 130 valence electrons. The number of H-pyrrole nitrogens is 2. The van der Waals surface area contributed by atoms with Gasteiger partial charge in [0.05, 0.1) is 23.5 Å². The normalized spacial score (nSPS) is 11.3. The van der Waals surface area contributed by atoms with Crippen LogP contribution in [0.5, 0.6) is 5.75 Å². The molecule has 1 amide bonds. The molecule has 0 aliphatic carbocycles. The third kappa shape index (κ3) is 4.16. The SMILES string of the molecule is O=C(NCc1cc(-c2ccn[nH]2)n[nH]1)c1ccccc1OC(F)(F)F. The van der Waals surface area contributed by atoms with Crippen LogP contribution in [0.2, 0.25) is 0 Å². The number of carbonyl (C=O) groups excluding carboxylic acids is 1. The summed E-state index contributed by atoms with van der Waals surface area (Å²) in [7, 11) is 0. The first-order valence-corrected chi connectivity index (χ1v) is 7.09. The average molecular weight is 351 g/mol. The van der Waals surface area contributed by atoms with Crippen LogP contribution in [0.25, 0.3) is 11.4 Å².